The van der Waals surface area contributed by atoms with E-state index in [1.807, 2.05) is 43.3 Å². The SMILES string of the molecule is CCCN1CC(=O)N[C@H]2CCN(Cc3cc(OC)c4c(c3)OCO4)C[C@@H]2OCc2cccc(c2)Oc2cc(ccc2OC)C1=O. The smallest absolute Gasteiger partial charge is 0.254 e. The summed E-state index contributed by atoms with van der Waals surface area (Å²) in [6.07, 6.45) is 1.10. The van der Waals surface area contributed by atoms with Crippen LogP contribution < -0.4 is 29.0 Å². The number of rotatable bonds is 6. The molecule has 1 N–H and O–H groups in total. The lowest BCUT2D eigenvalue weighted by atomic mass is 10.00. The number of methoxy groups -OCH3 is 2. The normalized spacial score (nSPS) is 20.2. The molecule has 0 aromatic heterocycles. The molecule has 45 heavy (non-hydrogen) atoms. The minimum Gasteiger partial charge on any atom is -0.493 e. The minimum absolute atomic E-state index is 0.0577. The zero-order chi connectivity index (χ0) is 31.3. The summed E-state index contributed by atoms with van der Waals surface area (Å²) < 4.78 is 35.0. The van der Waals surface area contributed by atoms with E-state index in [0.717, 1.165) is 17.7 Å². The van der Waals surface area contributed by atoms with Crippen LogP contribution >= 0.6 is 0 Å². The summed E-state index contributed by atoms with van der Waals surface area (Å²) in [5.41, 5.74) is 2.37. The largest absolute Gasteiger partial charge is 0.493 e. The number of hydrogen-bond donors (Lipinski definition) is 1. The molecule has 3 aromatic rings. The van der Waals surface area contributed by atoms with Crippen molar-refractivity contribution in [3.63, 3.8) is 0 Å². The molecule has 0 radical (unpaired) electrons. The minimum atomic E-state index is -0.292. The highest BCUT2D eigenvalue weighted by Crippen LogP contribution is 2.42. The standard InChI is InChI=1S/C34H39N3O8/c1-4-11-37-19-32(38)35-26-10-12-36(17-23-14-29(41-3)33-30(15-23)43-21-44-33)18-31(26)42-20-22-6-5-7-25(13-22)45-28-16-24(34(37)39)8-9-27(28)40-2/h5-9,13-16,26,31H,4,10-12,17-21H2,1-3H3,(H,35,38)/t26-,31-/m0/s1. The Morgan fingerprint density at radius 3 is 2.67 bits per heavy atom. The lowest BCUT2D eigenvalue weighted by Gasteiger charge is -2.39. The quantitative estimate of drug-likeness (QED) is 0.432. The first kappa shape index (κ1) is 30.5. The number of likely N-dealkylation sites (tertiary alicyclic amines) is 1. The van der Waals surface area contributed by atoms with Gasteiger partial charge in [0.05, 0.1) is 39.5 Å². The number of piperidine rings is 1. The molecular formula is C34H39N3O8. The second kappa shape index (κ2) is 13.7. The summed E-state index contributed by atoms with van der Waals surface area (Å²) >= 11 is 0. The van der Waals surface area contributed by atoms with Gasteiger partial charge in [-0.1, -0.05) is 19.1 Å². The molecule has 1 saturated heterocycles. The highest BCUT2D eigenvalue weighted by Gasteiger charge is 2.33. The van der Waals surface area contributed by atoms with Crippen LogP contribution in [0.3, 0.4) is 0 Å². The van der Waals surface area contributed by atoms with Crippen molar-refractivity contribution in [3.05, 3.63) is 71.3 Å². The summed E-state index contributed by atoms with van der Waals surface area (Å²) in [5, 5.41) is 3.19. The Hall–Kier alpha value is -4.48. The molecular weight excluding hydrogens is 578 g/mol. The Labute approximate surface area is 262 Å². The maximum atomic E-state index is 13.6. The molecule has 2 amide bonds. The van der Waals surface area contributed by atoms with E-state index in [1.54, 1.807) is 37.3 Å². The number of carbonyl (C=O) groups is 2. The Balaban J connectivity index is 1.26. The predicted molar refractivity (Wildman–Crippen MR) is 165 cm³/mol. The number of nitrogens with one attached hydrogen (secondary N) is 1. The topological polar surface area (TPSA) is 108 Å². The van der Waals surface area contributed by atoms with E-state index in [4.69, 9.17) is 28.4 Å². The van der Waals surface area contributed by atoms with Gasteiger partial charge in [-0.3, -0.25) is 14.5 Å². The lowest BCUT2D eigenvalue weighted by Crippen LogP contribution is -2.56. The van der Waals surface area contributed by atoms with Crippen LogP contribution in [0.4, 0.5) is 0 Å². The van der Waals surface area contributed by atoms with Gasteiger partial charge in [0, 0.05) is 31.7 Å². The van der Waals surface area contributed by atoms with E-state index in [2.05, 4.69) is 10.2 Å². The molecule has 3 aliphatic heterocycles. The van der Waals surface area contributed by atoms with Gasteiger partial charge >= 0.3 is 0 Å². The van der Waals surface area contributed by atoms with Crippen molar-refractivity contribution in [2.75, 3.05) is 47.2 Å². The molecule has 1 fully saturated rings. The monoisotopic (exact) mass is 617 g/mol. The fraction of sp³-hybridized carbons (Fsp3) is 0.412. The van der Waals surface area contributed by atoms with Crippen LogP contribution in [0.25, 0.3) is 0 Å². The molecule has 3 heterocycles. The van der Waals surface area contributed by atoms with Crippen molar-refractivity contribution < 1.29 is 38.0 Å². The second-order valence-electron chi connectivity index (χ2n) is 11.4. The molecule has 238 valence electrons. The first-order chi connectivity index (χ1) is 21.9. The van der Waals surface area contributed by atoms with E-state index in [9.17, 15) is 9.59 Å². The van der Waals surface area contributed by atoms with Gasteiger partial charge in [-0.2, -0.15) is 0 Å². The number of carbonyl (C=O) groups excluding carboxylic acids is 2. The fourth-order valence-corrected chi connectivity index (χ4v) is 6.04. The Bertz CT molecular complexity index is 1550. The lowest BCUT2D eigenvalue weighted by molar-refractivity contribution is -0.125. The van der Waals surface area contributed by atoms with Gasteiger partial charge in [0.15, 0.2) is 23.0 Å². The third-order valence-corrected chi connectivity index (χ3v) is 8.23. The average Bonchev–Trinajstić information content (AvgIpc) is 3.52. The molecule has 0 spiro atoms. The first-order valence-electron chi connectivity index (χ1n) is 15.3. The molecule has 0 aliphatic carbocycles. The molecule has 6 rings (SSSR count). The summed E-state index contributed by atoms with van der Waals surface area (Å²) in [6.45, 7) is 4.85. The van der Waals surface area contributed by atoms with Gasteiger partial charge in [-0.25, -0.2) is 0 Å². The molecule has 3 aromatic carbocycles. The van der Waals surface area contributed by atoms with E-state index < -0.39 is 0 Å². The van der Waals surface area contributed by atoms with Crippen molar-refractivity contribution in [1.29, 1.82) is 0 Å². The maximum Gasteiger partial charge on any atom is 0.254 e. The van der Waals surface area contributed by atoms with Crippen LogP contribution in [0.5, 0.6) is 34.5 Å². The summed E-state index contributed by atoms with van der Waals surface area (Å²) in [5.74, 6) is 2.98. The third-order valence-electron chi connectivity index (χ3n) is 8.23. The zero-order valence-corrected chi connectivity index (χ0v) is 25.9. The van der Waals surface area contributed by atoms with E-state index in [-0.39, 0.29) is 37.3 Å². The van der Waals surface area contributed by atoms with Crippen molar-refractivity contribution in [3.8, 4) is 34.5 Å². The summed E-state index contributed by atoms with van der Waals surface area (Å²) in [7, 11) is 3.17. The van der Waals surface area contributed by atoms with Crippen molar-refractivity contribution in [1.82, 2.24) is 15.1 Å². The van der Waals surface area contributed by atoms with Crippen LogP contribution in [-0.2, 0) is 22.7 Å². The summed E-state index contributed by atoms with van der Waals surface area (Å²) in [6, 6.07) is 16.4. The van der Waals surface area contributed by atoms with E-state index >= 15 is 0 Å². The van der Waals surface area contributed by atoms with Gasteiger partial charge in [-0.15, -0.1) is 0 Å². The first-order valence-corrected chi connectivity index (χ1v) is 15.3. The fourth-order valence-electron chi connectivity index (χ4n) is 6.04. The average molecular weight is 618 g/mol. The highest BCUT2D eigenvalue weighted by atomic mass is 16.7. The molecule has 11 heteroatoms. The van der Waals surface area contributed by atoms with Gasteiger partial charge < -0.3 is 38.6 Å². The molecule has 0 saturated carbocycles. The number of hydrogen-bond acceptors (Lipinski definition) is 9. The van der Waals surface area contributed by atoms with Crippen LogP contribution in [0.2, 0.25) is 0 Å². The zero-order valence-electron chi connectivity index (χ0n) is 25.9. The van der Waals surface area contributed by atoms with Gasteiger partial charge in [-0.05, 0) is 66.4 Å². The number of benzene rings is 3. The molecule has 2 atom stereocenters. The molecule has 4 bridgehead atoms. The van der Waals surface area contributed by atoms with Gasteiger partial charge in [0.25, 0.3) is 5.91 Å². The Kier molecular flexibility index (Phi) is 9.27. The Morgan fingerprint density at radius 1 is 0.978 bits per heavy atom. The van der Waals surface area contributed by atoms with Crippen LogP contribution in [-0.4, -0.2) is 81.0 Å². The van der Waals surface area contributed by atoms with Crippen LogP contribution in [0, 0.1) is 0 Å². The van der Waals surface area contributed by atoms with Crippen LogP contribution in [0.15, 0.2) is 54.6 Å². The predicted octanol–water partition coefficient (Wildman–Crippen LogP) is 4.37. The van der Waals surface area contributed by atoms with Gasteiger partial charge in [0.2, 0.25) is 18.4 Å². The summed E-state index contributed by atoms with van der Waals surface area (Å²) in [4.78, 5) is 30.9. The third kappa shape index (κ3) is 6.94. The van der Waals surface area contributed by atoms with E-state index in [1.165, 1.54) is 0 Å². The van der Waals surface area contributed by atoms with Gasteiger partial charge in [0.1, 0.15) is 5.75 Å². The second-order valence-corrected chi connectivity index (χ2v) is 11.4. The molecule has 0 unspecified atom stereocenters. The number of fused-ring (bicyclic) bond motifs is 6. The molecule has 11 nitrogen and oxygen atoms in total. The maximum absolute atomic E-state index is 13.6. The number of ether oxygens (including phenoxy) is 6. The Morgan fingerprint density at radius 2 is 1.84 bits per heavy atom. The van der Waals surface area contributed by atoms with Crippen LogP contribution in [0.1, 0.15) is 41.3 Å². The molecule has 3 aliphatic rings. The van der Waals surface area contributed by atoms with Crippen molar-refractivity contribution in [2.24, 2.45) is 0 Å². The van der Waals surface area contributed by atoms with E-state index in [0.29, 0.717) is 79.1 Å². The number of amides is 2. The number of nitrogens with zero attached hydrogens (tertiary/aromatic N) is 2. The highest BCUT2D eigenvalue weighted by molar-refractivity contribution is 5.97. The van der Waals surface area contributed by atoms with Crippen molar-refractivity contribution >= 4 is 11.8 Å². The van der Waals surface area contributed by atoms with Crippen molar-refractivity contribution in [2.45, 2.75) is 45.1 Å².